The average Bonchev–Trinajstić information content (AvgIpc) is 3.15. The molecule has 0 spiro atoms. The number of esters is 1. The van der Waals surface area contributed by atoms with Gasteiger partial charge in [-0.3, -0.25) is 24.1 Å². The molecule has 3 aromatic rings. The number of benzene rings is 3. The van der Waals surface area contributed by atoms with Gasteiger partial charge in [0.05, 0.1) is 23.2 Å². The Hall–Kier alpha value is -4.59. The van der Waals surface area contributed by atoms with Crippen LogP contribution in [-0.4, -0.2) is 47.5 Å². The van der Waals surface area contributed by atoms with Crippen LogP contribution in [0.4, 0.5) is 0 Å². The van der Waals surface area contributed by atoms with Gasteiger partial charge in [-0.15, -0.1) is 0 Å². The normalized spacial score (nSPS) is 12.3. The summed E-state index contributed by atoms with van der Waals surface area (Å²) in [5, 5.41) is 2.74. The molecule has 0 radical (unpaired) electrons. The Balaban J connectivity index is 1.26. The molecular weight excluding hydrogens is 472 g/mol. The van der Waals surface area contributed by atoms with Crippen LogP contribution in [-0.2, 0) is 22.5 Å². The number of hydrogen-bond donors (Lipinski definition) is 1. The van der Waals surface area contributed by atoms with Gasteiger partial charge in [0.1, 0.15) is 0 Å². The smallest absolute Gasteiger partial charge is 0.338 e. The number of nitrogens with zero attached hydrogens (tertiary/aromatic N) is 1. The fourth-order valence-electron chi connectivity index (χ4n) is 4.02. The van der Waals surface area contributed by atoms with Gasteiger partial charge >= 0.3 is 5.97 Å². The molecule has 0 bridgehead atoms. The summed E-state index contributed by atoms with van der Waals surface area (Å²) in [6, 6.07) is 20.1. The number of carbonyl (C=O) groups excluding carboxylic acids is 5. The Labute approximate surface area is 214 Å². The fraction of sp³-hybridized carbons (Fsp3) is 0.207. The highest BCUT2D eigenvalue weighted by Crippen LogP contribution is 2.24. The van der Waals surface area contributed by atoms with Gasteiger partial charge in [0.2, 0.25) is 5.91 Å². The highest BCUT2D eigenvalue weighted by Gasteiger charge is 2.34. The van der Waals surface area contributed by atoms with Crippen LogP contribution in [0.1, 0.15) is 65.9 Å². The molecule has 8 nitrogen and oxygen atoms in total. The van der Waals surface area contributed by atoms with Crippen molar-refractivity contribution in [1.29, 1.82) is 0 Å². The van der Waals surface area contributed by atoms with Crippen molar-refractivity contribution in [2.45, 2.75) is 26.3 Å². The zero-order chi connectivity index (χ0) is 26.4. The Morgan fingerprint density at radius 2 is 1.35 bits per heavy atom. The van der Waals surface area contributed by atoms with Gasteiger partial charge in [-0.2, -0.15) is 0 Å². The topological polar surface area (TPSA) is 110 Å². The van der Waals surface area contributed by atoms with Crippen molar-refractivity contribution in [2.75, 3.05) is 13.2 Å². The van der Waals surface area contributed by atoms with Gasteiger partial charge in [0.25, 0.3) is 11.8 Å². The van der Waals surface area contributed by atoms with E-state index in [1.54, 1.807) is 48.5 Å². The Morgan fingerprint density at radius 1 is 0.784 bits per heavy atom. The van der Waals surface area contributed by atoms with Crippen LogP contribution in [0.2, 0.25) is 0 Å². The van der Waals surface area contributed by atoms with Gasteiger partial charge in [0, 0.05) is 19.0 Å². The van der Waals surface area contributed by atoms with Crippen molar-refractivity contribution < 1.29 is 28.7 Å². The maximum atomic E-state index is 12.5. The summed E-state index contributed by atoms with van der Waals surface area (Å²) >= 11 is 0. The maximum absolute atomic E-state index is 12.5. The second-order valence-corrected chi connectivity index (χ2v) is 8.72. The lowest BCUT2D eigenvalue weighted by Crippen LogP contribution is -2.29. The maximum Gasteiger partial charge on any atom is 0.338 e. The number of amides is 3. The molecule has 0 saturated carbocycles. The van der Waals surface area contributed by atoms with Crippen molar-refractivity contribution >= 4 is 29.5 Å². The van der Waals surface area contributed by atoms with E-state index in [0.717, 1.165) is 18.4 Å². The van der Waals surface area contributed by atoms with Crippen molar-refractivity contribution in [3.63, 3.8) is 0 Å². The minimum atomic E-state index is -0.643. The van der Waals surface area contributed by atoms with Crippen LogP contribution in [0, 0.1) is 0 Å². The molecule has 0 atom stereocenters. The van der Waals surface area contributed by atoms with E-state index in [0.29, 0.717) is 28.8 Å². The monoisotopic (exact) mass is 498 g/mol. The zero-order valence-electron chi connectivity index (χ0n) is 20.4. The first-order valence-corrected chi connectivity index (χ1v) is 11.9. The standard InChI is InChI=1S/C29H26N2O6/c1-19(32)30-16-4-5-20-8-12-22(13-9-20)26(33)18-37-29(36)23-14-10-21(11-15-23)17-31-27(34)24-6-2-3-7-25(24)28(31)35/h2-3,6-15H,4-5,16-18H2,1H3,(H,30,32). The number of imide groups is 1. The van der Waals surface area contributed by atoms with E-state index in [9.17, 15) is 24.0 Å². The molecule has 1 N–H and O–H groups in total. The number of Topliss-reactive ketones (excluding diaryl/α,β-unsaturated/α-hetero) is 1. The third kappa shape index (κ3) is 6.16. The SMILES string of the molecule is CC(=O)NCCCc1ccc(C(=O)COC(=O)c2ccc(CN3C(=O)c4ccccc4C3=O)cc2)cc1. The number of ether oxygens (including phenoxy) is 1. The molecule has 3 aromatic carbocycles. The summed E-state index contributed by atoms with van der Waals surface area (Å²) < 4.78 is 5.18. The van der Waals surface area contributed by atoms with E-state index in [-0.39, 0.29) is 35.6 Å². The number of rotatable bonds is 10. The van der Waals surface area contributed by atoms with E-state index in [4.69, 9.17) is 4.74 Å². The molecule has 3 amide bonds. The van der Waals surface area contributed by atoms with Crippen LogP contribution < -0.4 is 5.32 Å². The van der Waals surface area contributed by atoms with E-state index in [2.05, 4.69) is 5.32 Å². The van der Waals surface area contributed by atoms with Gasteiger partial charge in [-0.05, 0) is 48.2 Å². The molecule has 0 saturated heterocycles. The van der Waals surface area contributed by atoms with E-state index in [1.165, 1.54) is 24.0 Å². The minimum absolute atomic E-state index is 0.0622. The molecule has 4 rings (SSSR count). The van der Waals surface area contributed by atoms with Crippen molar-refractivity contribution in [3.05, 3.63) is 106 Å². The molecule has 188 valence electrons. The second kappa shape index (κ2) is 11.4. The average molecular weight is 499 g/mol. The number of hydrogen-bond acceptors (Lipinski definition) is 6. The third-order valence-electron chi connectivity index (χ3n) is 6.03. The highest BCUT2D eigenvalue weighted by atomic mass is 16.5. The summed E-state index contributed by atoms with van der Waals surface area (Å²) in [6.45, 7) is 1.76. The first kappa shape index (κ1) is 25.5. The molecule has 1 aliphatic rings. The summed E-state index contributed by atoms with van der Waals surface area (Å²) in [4.78, 5) is 62.0. The summed E-state index contributed by atoms with van der Waals surface area (Å²) in [5.41, 5.74) is 3.19. The van der Waals surface area contributed by atoms with Crippen molar-refractivity contribution in [2.24, 2.45) is 0 Å². The zero-order valence-corrected chi connectivity index (χ0v) is 20.4. The first-order valence-electron chi connectivity index (χ1n) is 11.9. The Morgan fingerprint density at radius 3 is 1.95 bits per heavy atom. The number of ketones is 1. The lowest BCUT2D eigenvalue weighted by molar-refractivity contribution is -0.118. The molecule has 0 aliphatic carbocycles. The van der Waals surface area contributed by atoms with E-state index >= 15 is 0 Å². The van der Waals surface area contributed by atoms with Crippen LogP contribution in [0.15, 0.2) is 72.8 Å². The largest absolute Gasteiger partial charge is 0.454 e. The van der Waals surface area contributed by atoms with Crippen LogP contribution in [0.25, 0.3) is 0 Å². The van der Waals surface area contributed by atoms with Crippen LogP contribution in [0.3, 0.4) is 0 Å². The molecule has 8 heteroatoms. The summed E-state index contributed by atoms with van der Waals surface area (Å²) in [5.74, 6) is -1.72. The van der Waals surface area contributed by atoms with E-state index < -0.39 is 12.6 Å². The molecule has 0 unspecified atom stereocenters. The van der Waals surface area contributed by atoms with Gasteiger partial charge < -0.3 is 10.1 Å². The molecule has 37 heavy (non-hydrogen) atoms. The number of carbonyl (C=O) groups is 5. The summed E-state index contributed by atoms with van der Waals surface area (Å²) in [7, 11) is 0. The fourth-order valence-corrected chi connectivity index (χ4v) is 4.02. The molecule has 0 aromatic heterocycles. The van der Waals surface area contributed by atoms with Gasteiger partial charge in [-0.1, -0.05) is 48.5 Å². The van der Waals surface area contributed by atoms with Crippen LogP contribution >= 0.6 is 0 Å². The molecule has 1 aliphatic heterocycles. The van der Waals surface area contributed by atoms with Gasteiger partial charge in [0.15, 0.2) is 12.4 Å². The Bertz CT molecular complexity index is 1310. The molecule has 0 fully saturated rings. The predicted molar refractivity (Wildman–Crippen MR) is 135 cm³/mol. The lowest BCUT2D eigenvalue weighted by atomic mass is 10.1. The first-order chi connectivity index (χ1) is 17.8. The Kier molecular flexibility index (Phi) is 7.88. The lowest BCUT2D eigenvalue weighted by Gasteiger charge is -2.14. The minimum Gasteiger partial charge on any atom is -0.454 e. The number of fused-ring (bicyclic) bond motifs is 1. The summed E-state index contributed by atoms with van der Waals surface area (Å²) in [6.07, 6.45) is 1.56. The molecular formula is C29H26N2O6. The van der Waals surface area contributed by atoms with Crippen molar-refractivity contribution in [3.8, 4) is 0 Å². The predicted octanol–water partition coefficient (Wildman–Crippen LogP) is 3.59. The highest BCUT2D eigenvalue weighted by molar-refractivity contribution is 6.21. The molecule has 1 heterocycles. The second-order valence-electron chi connectivity index (χ2n) is 8.72. The third-order valence-corrected chi connectivity index (χ3v) is 6.03. The van der Waals surface area contributed by atoms with Crippen LogP contribution in [0.5, 0.6) is 0 Å². The van der Waals surface area contributed by atoms with Crippen molar-refractivity contribution in [1.82, 2.24) is 10.2 Å². The quantitative estimate of drug-likeness (QED) is 0.198. The number of aryl methyl sites for hydroxylation is 1. The van der Waals surface area contributed by atoms with E-state index in [1.807, 2.05) is 12.1 Å². The number of nitrogens with one attached hydrogen (secondary N) is 1. The van der Waals surface area contributed by atoms with Gasteiger partial charge in [-0.25, -0.2) is 4.79 Å².